The zero-order chi connectivity index (χ0) is 34.5. The highest BCUT2D eigenvalue weighted by molar-refractivity contribution is 7.84. The van der Waals surface area contributed by atoms with Crippen LogP contribution < -0.4 is 27.1 Å². The number of amides is 4. The first-order valence-corrected chi connectivity index (χ1v) is 15.4. The minimum absolute atomic E-state index is 0.00423. The van der Waals surface area contributed by atoms with E-state index in [0.717, 1.165) is 17.4 Å². The second-order valence-electron chi connectivity index (χ2n) is 9.69. The van der Waals surface area contributed by atoms with E-state index in [0.29, 0.717) is 16.5 Å². The van der Waals surface area contributed by atoms with Crippen molar-refractivity contribution in [3.8, 4) is 5.75 Å². The Balaban J connectivity index is 1.49. The van der Waals surface area contributed by atoms with Crippen molar-refractivity contribution in [2.24, 2.45) is 5.16 Å². The number of nitrogen functional groups attached to an aromatic ring is 1. The van der Waals surface area contributed by atoms with Crippen LogP contribution in [0.2, 0.25) is 0 Å². The summed E-state index contributed by atoms with van der Waals surface area (Å²) in [7, 11) is -5.16. The molecule has 4 rings (SSSR count). The third-order valence-electron chi connectivity index (χ3n) is 6.49. The number of pyridine rings is 1. The Hall–Kier alpha value is -5.74. The number of aliphatic carboxylic acids is 1. The maximum absolute atomic E-state index is 13.3. The second kappa shape index (κ2) is 14.1. The Kier molecular flexibility index (Phi) is 10.3. The lowest BCUT2D eigenvalue weighted by atomic mass is 9.98. The van der Waals surface area contributed by atoms with Gasteiger partial charge in [-0.05, 0) is 5.56 Å². The van der Waals surface area contributed by atoms with E-state index in [2.05, 4.69) is 26.1 Å². The second-order valence-corrected chi connectivity index (χ2v) is 11.9. The molecule has 1 aromatic carbocycles. The third kappa shape index (κ3) is 8.30. The minimum Gasteiger partial charge on any atom is -0.503 e. The summed E-state index contributed by atoms with van der Waals surface area (Å²) in [5.74, 6) is -4.62. The van der Waals surface area contributed by atoms with Crippen molar-refractivity contribution in [1.29, 1.82) is 0 Å². The van der Waals surface area contributed by atoms with Crippen LogP contribution in [0.3, 0.4) is 0 Å². The highest BCUT2D eigenvalue weighted by Gasteiger charge is 2.54. The van der Waals surface area contributed by atoms with Crippen molar-refractivity contribution < 1.29 is 52.4 Å². The number of rotatable bonds is 13. The van der Waals surface area contributed by atoms with Crippen molar-refractivity contribution in [2.45, 2.75) is 31.2 Å². The Morgan fingerprint density at radius 1 is 1.17 bits per heavy atom. The molecule has 1 aliphatic rings. The molecule has 3 heterocycles. The SMILES string of the molecule is Nc1nc(C(=NO[C@@H](Cc2ccccc2)C(=O)O)C(=O)N[C@@H]2C(=O)N(S(=O)(=O)O)[C@H]2CNC(=O)NCc2cc(=O)c(O)cn2O)cs1. The standard InChI is InChI=1S/C25H26N8O12S2/c26-24-29-14(11-46-24)19(31-45-18(23(38)39)6-12-4-2-1-3-5-12)21(36)30-20-15(33(22(20)37)47(42,43)44)9-28-25(40)27-8-13-7-16(34)17(35)10-32(13)41/h1-5,7,10-11,15,18,20,35,41H,6,8-9H2,(H2,26,29)(H,30,36)(H,38,39)(H2,27,28,40)(H,42,43,44)/t15-,18-,20-/m0/s1. The van der Waals surface area contributed by atoms with Crippen LogP contribution in [-0.4, -0.2) is 96.7 Å². The fourth-order valence-corrected chi connectivity index (χ4v) is 5.63. The quantitative estimate of drug-likeness (QED) is 0.0323. The van der Waals surface area contributed by atoms with Crippen LogP contribution in [0.15, 0.2) is 57.9 Å². The van der Waals surface area contributed by atoms with Gasteiger partial charge in [0.05, 0.1) is 24.5 Å². The van der Waals surface area contributed by atoms with Crippen LogP contribution in [0, 0.1) is 0 Å². The van der Waals surface area contributed by atoms with Crippen molar-refractivity contribution >= 4 is 56.3 Å². The lowest BCUT2D eigenvalue weighted by Crippen LogP contribution is -2.74. The summed E-state index contributed by atoms with van der Waals surface area (Å²) < 4.78 is 33.7. The lowest BCUT2D eigenvalue weighted by Gasteiger charge is -2.44. The predicted octanol–water partition coefficient (Wildman–Crippen LogP) is -1.76. The molecule has 47 heavy (non-hydrogen) atoms. The van der Waals surface area contributed by atoms with E-state index in [1.54, 1.807) is 30.3 Å². The Bertz CT molecular complexity index is 1880. The number of anilines is 1. The van der Waals surface area contributed by atoms with Crippen molar-refractivity contribution in [3.05, 3.63) is 75.1 Å². The van der Waals surface area contributed by atoms with E-state index in [-0.39, 0.29) is 27.2 Å². The van der Waals surface area contributed by atoms with Gasteiger partial charge in [0.2, 0.25) is 11.5 Å². The number of hydrogen-bond donors (Lipinski definition) is 8. The first-order valence-electron chi connectivity index (χ1n) is 13.1. The number of oxime groups is 1. The summed E-state index contributed by atoms with van der Waals surface area (Å²) in [6.07, 6.45) is -1.01. The van der Waals surface area contributed by atoms with E-state index >= 15 is 0 Å². The highest BCUT2D eigenvalue weighted by Crippen LogP contribution is 2.24. The minimum atomic E-state index is -5.16. The molecule has 0 aliphatic carbocycles. The van der Waals surface area contributed by atoms with Gasteiger partial charge in [0.1, 0.15) is 11.7 Å². The van der Waals surface area contributed by atoms with E-state index in [9.17, 15) is 52.4 Å². The molecular formula is C25H26N8O12S2. The van der Waals surface area contributed by atoms with Crippen LogP contribution in [0.4, 0.5) is 9.93 Å². The zero-order valence-corrected chi connectivity index (χ0v) is 25.3. The number of carboxylic acids is 1. The van der Waals surface area contributed by atoms with Gasteiger partial charge < -0.3 is 41.9 Å². The van der Waals surface area contributed by atoms with Crippen molar-refractivity contribution in [1.82, 2.24) is 30.0 Å². The number of aromatic hydroxyl groups is 1. The van der Waals surface area contributed by atoms with Gasteiger partial charge >= 0.3 is 22.3 Å². The number of thiazole rings is 1. The predicted molar refractivity (Wildman–Crippen MR) is 160 cm³/mol. The first kappa shape index (κ1) is 34.1. The van der Waals surface area contributed by atoms with Crippen molar-refractivity contribution in [2.75, 3.05) is 12.3 Å². The molecule has 4 amide bonds. The summed E-state index contributed by atoms with van der Waals surface area (Å²) in [5.41, 5.74) is 4.47. The molecule has 1 aliphatic heterocycles. The van der Waals surface area contributed by atoms with Gasteiger partial charge in [0.15, 0.2) is 16.6 Å². The van der Waals surface area contributed by atoms with E-state index in [1.807, 2.05) is 0 Å². The van der Waals surface area contributed by atoms with E-state index < -0.39 is 82.3 Å². The summed E-state index contributed by atoms with van der Waals surface area (Å²) in [5, 5.41) is 40.4. The van der Waals surface area contributed by atoms with Crippen LogP contribution in [0.1, 0.15) is 17.0 Å². The van der Waals surface area contributed by atoms with Gasteiger partial charge in [0, 0.05) is 24.4 Å². The van der Waals surface area contributed by atoms with Gasteiger partial charge in [-0.25, -0.2) is 18.9 Å². The van der Waals surface area contributed by atoms with Crippen LogP contribution >= 0.6 is 11.3 Å². The van der Waals surface area contributed by atoms with Crippen LogP contribution in [0.5, 0.6) is 5.75 Å². The number of benzene rings is 1. The molecule has 22 heteroatoms. The van der Waals surface area contributed by atoms with Gasteiger partial charge in [-0.1, -0.05) is 35.5 Å². The highest BCUT2D eigenvalue weighted by atomic mass is 32.2. The van der Waals surface area contributed by atoms with Crippen LogP contribution in [0.25, 0.3) is 0 Å². The fourth-order valence-electron chi connectivity index (χ4n) is 4.20. The number of hydrogen-bond acceptors (Lipinski definition) is 14. The summed E-state index contributed by atoms with van der Waals surface area (Å²) in [4.78, 5) is 71.0. The number of nitrogens with zero attached hydrogens (tertiary/aromatic N) is 4. The number of carbonyl (C=O) groups excluding carboxylic acids is 3. The monoisotopic (exact) mass is 694 g/mol. The summed E-state index contributed by atoms with van der Waals surface area (Å²) >= 11 is 0.898. The third-order valence-corrected chi connectivity index (χ3v) is 8.11. The van der Waals surface area contributed by atoms with E-state index in [1.165, 1.54) is 5.38 Å². The smallest absolute Gasteiger partial charge is 0.362 e. The topological polar surface area (TPSA) is 305 Å². The van der Waals surface area contributed by atoms with Gasteiger partial charge in [-0.3, -0.25) is 18.9 Å². The summed E-state index contributed by atoms with van der Waals surface area (Å²) in [6, 6.07) is 5.00. The molecule has 0 radical (unpaired) electrons. The molecule has 9 N–H and O–H groups in total. The number of β-lactam (4-membered cyclic amide) rings is 1. The maximum atomic E-state index is 13.3. The molecule has 1 saturated heterocycles. The fraction of sp³-hybridized carbons (Fsp3) is 0.240. The molecule has 1 fully saturated rings. The Labute approximate surface area is 267 Å². The molecule has 0 bridgehead atoms. The zero-order valence-electron chi connectivity index (χ0n) is 23.7. The number of urea groups is 1. The first-order chi connectivity index (χ1) is 22.1. The maximum Gasteiger partial charge on any atom is 0.362 e. The number of carbonyl (C=O) groups is 4. The molecule has 250 valence electrons. The number of carboxylic acid groups (broad SMARTS) is 1. The summed E-state index contributed by atoms with van der Waals surface area (Å²) in [6.45, 7) is -1.10. The molecule has 3 atom stereocenters. The number of nitrogens with two attached hydrogens (primary N) is 1. The van der Waals surface area contributed by atoms with Crippen molar-refractivity contribution in [3.63, 3.8) is 0 Å². The number of nitrogens with one attached hydrogen (secondary N) is 3. The average molecular weight is 695 g/mol. The molecule has 20 nitrogen and oxygen atoms in total. The molecule has 0 spiro atoms. The molecule has 0 saturated carbocycles. The lowest BCUT2D eigenvalue weighted by molar-refractivity contribution is -0.150. The molecule has 3 aromatic rings. The average Bonchev–Trinajstić information content (AvgIpc) is 3.43. The van der Waals surface area contributed by atoms with Gasteiger partial charge in [-0.2, -0.15) is 13.1 Å². The molecular weight excluding hydrogens is 668 g/mol. The van der Waals surface area contributed by atoms with E-state index in [4.69, 9.17) is 10.6 Å². The Morgan fingerprint density at radius 2 is 1.87 bits per heavy atom. The Morgan fingerprint density at radius 3 is 2.49 bits per heavy atom. The van der Waals surface area contributed by atoms with Gasteiger partial charge in [0.25, 0.3) is 11.8 Å². The largest absolute Gasteiger partial charge is 0.503 e. The normalized spacial score (nSPS) is 16.9. The number of aromatic nitrogens is 2. The van der Waals surface area contributed by atoms with Gasteiger partial charge in [-0.15, -0.1) is 11.3 Å². The molecule has 2 aromatic heterocycles. The van der Waals surface area contributed by atoms with Crippen LogP contribution in [-0.2, 0) is 42.5 Å². The molecule has 0 unspecified atom stereocenters.